The molecule has 0 aliphatic rings. The summed E-state index contributed by atoms with van der Waals surface area (Å²) in [5.74, 6) is -1.41. The molecular weight excluding hydrogens is 308 g/mol. The molecule has 0 unspecified atom stereocenters. The number of carboxylic acids is 1. The topological polar surface area (TPSA) is 104 Å². The van der Waals surface area contributed by atoms with Crippen LogP contribution < -0.4 is 4.72 Å². The summed E-state index contributed by atoms with van der Waals surface area (Å²) in [6.07, 6.45) is 0.993. The highest BCUT2D eigenvalue weighted by atomic mass is 32.2. The van der Waals surface area contributed by atoms with Crippen LogP contribution in [0.4, 0.5) is 0 Å². The zero-order chi connectivity index (χ0) is 17.1. The molecule has 0 saturated heterocycles. The summed E-state index contributed by atoms with van der Waals surface area (Å²) in [5, 5.41) is 8.83. The fourth-order valence-corrected chi connectivity index (χ4v) is 3.10. The highest BCUT2D eigenvalue weighted by Gasteiger charge is 2.33. The van der Waals surface area contributed by atoms with E-state index in [1.165, 1.54) is 30.9 Å². The third-order valence-corrected chi connectivity index (χ3v) is 3.82. The van der Waals surface area contributed by atoms with Gasteiger partial charge in [0.15, 0.2) is 0 Å². The molecule has 0 fully saturated rings. The van der Waals surface area contributed by atoms with Crippen LogP contribution in [0.25, 0.3) is 0 Å². The Labute approximate surface area is 130 Å². The number of carbonyl (C=O) groups excluding carboxylic acids is 1. The number of nitrogens with one attached hydrogen (secondary N) is 1. The van der Waals surface area contributed by atoms with E-state index in [9.17, 15) is 18.0 Å². The van der Waals surface area contributed by atoms with Crippen LogP contribution >= 0.6 is 0 Å². The van der Waals surface area contributed by atoms with E-state index >= 15 is 0 Å². The predicted molar refractivity (Wildman–Crippen MR) is 81.9 cm³/mol. The Morgan fingerprint density at radius 3 is 2.14 bits per heavy atom. The lowest BCUT2D eigenvalue weighted by Crippen LogP contribution is -2.54. The van der Waals surface area contributed by atoms with Gasteiger partial charge in [0, 0.05) is 13.6 Å². The SMILES string of the molecule is CN(Cc1ccc(C(=O)O)cc1)C(=O)C(C)(C)NS(C)(=O)=O. The zero-order valence-corrected chi connectivity index (χ0v) is 13.8. The first kappa shape index (κ1) is 18.1. The highest BCUT2D eigenvalue weighted by Crippen LogP contribution is 2.12. The molecule has 1 rings (SSSR count). The number of hydrogen-bond acceptors (Lipinski definition) is 4. The van der Waals surface area contributed by atoms with Crippen molar-refractivity contribution in [3.05, 3.63) is 35.4 Å². The molecule has 1 aromatic rings. The van der Waals surface area contributed by atoms with Crippen LogP contribution in [-0.4, -0.2) is 49.1 Å². The van der Waals surface area contributed by atoms with E-state index in [-0.39, 0.29) is 18.0 Å². The standard InChI is InChI=1S/C14H20N2O5S/c1-14(2,15-22(4,20)21)13(19)16(3)9-10-5-7-11(8-6-10)12(17)18/h5-8,15H,9H2,1-4H3,(H,17,18). The maximum Gasteiger partial charge on any atom is 0.335 e. The van der Waals surface area contributed by atoms with Crippen LogP contribution in [0, 0.1) is 0 Å². The molecule has 122 valence electrons. The van der Waals surface area contributed by atoms with Crippen molar-refractivity contribution in [2.75, 3.05) is 13.3 Å². The van der Waals surface area contributed by atoms with Crippen molar-refractivity contribution in [3.8, 4) is 0 Å². The Bertz CT molecular complexity index is 665. The Morgan fingerprint density at radius 1 is 1.23 bits per heavy atom. The summed E-state index contributed by atoms with van der Waals surface area (Å²) in [7, 11) is -1.96. The smallest absolute Gasteiger partial charge is 0.335 e. The molecular formula is C14H20N2O5S. The Kier molecular flexibility index (Phi) is 5.31. The summed E-state index contributed by atoms with van der Waals surface area (Å²) >= 11 is 0. The van der Waals surface area contributed by atoms with Crippen molar-refractivity contribution < 1.29 is 23.1 Å². The van der Waals surface area contributed by atoms with Gasteiger partial charge in [0.05, 0.1) is 11.8 Å². The molecule has 0 saturated carbocycles. The van der Waals surface area contributed by atoms with Crippen LogP contribution in [0.15, 0.2) is 24.3 Å². The number of carboxylic acid groups (broad SMARTS) is 1. The molecule has 0 aromatic heterocycles. The summed E-state index contributed by atoms with van der Waals surface area (Å²) in [4.78, 5) is 24.5. The Balaban J connectivity index is 2.81. The number of aromatic carboxylic acids is 1. The normalized spacial score (nSPS) is 12.0. The molecule has 1 amide bonds. The number of amides is 1. The molecule has 7 nitrogen and oxygen atoms in total. The summed E-state index contributed by atoms with van der Waals surface area (Å²) in [6, 6.07) is 6.14. The van der Waals surface area contributed by atoms with Crippen LogP contribution in [-0.2, 0) is 21.4 Å². The number of benzene rings is 1. The molecule has 0 spiro atoms. The fourth-order valence-electron chi connectivity index (χ4n) is 2.08. The van der Waals surface area contributed by atoms with Crippen LogP contribution in [0.5, 0.6) is 0 Å². The summed E-state index contributed by atoms with van der Waals surface area (Å²) in [6.45, 7) is 3.22. The second-order valence-electron chi connectivity index (χ2n) is 5.66. The number of nitrogens with zero attached hydrogens (tertiary/aromatic N) is 1. The quantitative estimate of drug-likeness (QED) is 0.799. The van der Waals surface area contributed by atoms with Gasteiger partial charge in [-0.1, -0.05) is 12.1 Å². The van der Waals surface area contributed by atoms with E-state index < -0.39 is 21.5 Å². The van der Waals surface area contributed by atoms with E-state index in [2.05, 4.69) is 4.72 Å². The molecule has 0 heterocycles. The minimum absolute atomic E-state index is 0.164. The van der Waals surface area contributed by atoms with Crippen molar-refractivity contribution in [2.24, 2.45) is 0 Å². The molecule has 8 heteroatoms. The summed E-state index contributed by atoms with van der Waals surface area (Å²) in [5.41, 5.74) is -0.351. The minimum atomic E-state index is -3.51. The number of rotatable bonds is 6. The molecule has 22 heavy (non-hydrogen) atoms. The first-order valence-electron chi connectivity index (χ1n) is 6.49. The number of likely N-dealkylation sites (N-methyl/N-ethyl adjacent to an activating group) is 1. The van der Waals surface area contributed by atoms with Gasteiger partial charge in [0.2, 0.25) is 15.9 Å². The monoisotopic (exact) mass is 328 g/mol. The molecule has 1 aromatic carbocycles. The minimum Gasteiger partial charge on any atom is -0.478 e. The summed E-state index contributed by atoms with van der Waals surface area (Å²) < 4.78 is 24.9. The lowest BCUT2D eigenvalue weighted by Gasteiger charge is -2.29. The largest absolute Gasteiger partial charge is 0.478 e. The van der Waals surface area contributed by atoms with Crippen molar-refractivity contribution in [1.29, 1.82) is 0 Å². The Hall–Kier alpha value is -1.93. The van der Waals surface area contributed by atoms with Gasteiger partial charge < -0.3 is 10.0 Å². The van der Waals surface area contributed by atoms with Crippen LogP contribution in [0.1, 0.15) is 29.8 Å². The van der Waals surface area contributed by atoms with E-state index in [0.717, 1.165) is 11.8 Å². The lowest BCUT2D eigenvalue weighted by molar-refractivity contribution is -0.135. The van der Waals surface area contributed by atoms with Crippen molar-refractivity contribution in [2.45, 2.75) is 25.9 Å². The number of hydrogen-bond donors (Lipinski definition) is 2. The van der Waals surface area contributed by atoms with Gasteiger partial charge in [-0.15, -0.1) is 0 Å². The fraction of sp³-hybridized carbons (Fsp3) is 0.429. The second-order valence-corrected chi connectivity index (χ2v) is 7.41. The van der Waals surface area contributed by atoms with E-state index in [0.29, 0.717) is 0 Å². The van der Waals surface area contributed by atoms with E-state index in [1.807, 2.05) is 0 Å². The third-order valence-electron chi connectivity index (χ3n) is 2.94. The lowest BCUT2D eigenvalue weighted by atomic mass is 10.0. The van der Waals surface area contributed by atoms with Crippen LogP contribution in [0.2, 0.25) is 0 Å². The van der Waals surface area contributed by atoms with Gasteiger partial charge in [-0.25, -0.2) is 17.9 Å². The molecule has 2 N–H and O–H groups in total. The van der Waals surface area contributed by atoms with Gasteiger partial charge in [-0.2, -0.15) is 0 Å². The molecule has 0 aliphatic carbocycles. The predicted octanol–water partition coefficient (Wildman–Crippen LogP) is 0.671. The zero-order valence-electron chi connectivity index (χ0n) is 13.0. The third kappa shape index (κ3) is 5.12. The van der Waals surface area contributed by atoms with Crippen LogP contribution in [0.3, 0.4) is 0 Å². The molecule has 0 atom stereocenters. The van der Waals surface area contributed by atoms with E-state index in [1.54, 1.807) is 19.2 Å². The maximum atomic E-state index is 12.3. The average molecular weight is 328 g/mol. The van der Waals surface area contributed by atoms with Gasteiger partial charge in [-0.05, 0) is 31.5 Å². The first-order chi connectivity index (χ1) is 9.92. The van der Waals surface area contributed by atoms with Gasteiger partial charge in [-0.3, -0.25) is 4.79 Å². The Morgan fingerprint density at radius 2 is 1.73 bits per heavy atom. The number of sulfonamides is 1. The highest BCUT2D eigenvalue weighted by molar-refractivity contribution is 7.88. The first-order valence-corrected chi connectivity index (χ1v) is 8.38. The number of carbonyl (C=O) groups is 2. The molecule has 0 aliphatic heterocycles. The van der Waals surface area contributed by atoms with Crippen molar-refractivity contribution in [1.82, 2.24) is 9.62 Å². The van der Waals surface area contributed by atoms with E-state index in [4.69, 9.17) is 5.11 Å². The van der Waals surface area contributed by atoms with Crippen molar-refractivity contribution in [3.63, 3.8) is 0 Å². The van der Waals surface area contributed by atoms with Gasteiger partial charge in [0.25, 0.3) is 0 Å². The van der Waals surface area contributed by atoms with Gasteiger partial charge in [0.1, 0.15) is 5.54 Å². The molecule has 0 bridgehead atoms. The average Bonchev–Trinajstić information content (AvgIpc) is 2.35. The van der Waals surface area contributed by atoms with Gasteiger partial charge >= 0.3 is 5.97 Å². The second kappa shape index (κ2) is 6.45. The molecule has 0 radical (unpaired) electrons. The maximum absolute atomic E-state index is 12.3. The van der Waals surface area contributed by atoms with Crippen molar-refractivity contribution >= 4 is 21.9 Å².